The van der Waals surface area contributed by atoms with Gasteiger partial charge in [0.25, 0.3) is 23.6 Å². The number of thiazole rings is 1. The van der Waals surface area contributed by atoms with E-state index in [1.165, 1.54) is 36.6 Å². The molecule has 33 heteroatoms. The molecule has 644 valence electrons. The third-order valence-corrected chi connectivity index (χ3v) is 21.9. The van der Waals surface area contributed by atoms with E-state index >= 15 is 0 Å². The molecule has 4 amide bonds. The van der Waals surface area contributed by atoms with E-state index in [0.717, 1.165) is 72.5 Å². The number of nitrogens with zero attached hydrogens (tertiary/aromatic N) is 20. The lowest BCUT2D eigenvalue weighted by atomic mass is 10.0. The van der Waals surface area contributed by atoms with Crippen LogP contribution in [0.5, 0.6) is 0 Å². The van der Waals surface area contributed by atoms with Gasteiger partial charge in [0, 0.05) is 72.4 Å². The quantitative estimate of drug-likeness (QED) is 0.0331. The van der Waals surface area contributed by atoms with Crippen LogP contribution in [0.2, 0.25) is 0 Å². The summed E-state index contributed by atoms with van der Waals surface area (Å²) in [5.74, 6) is 0.533. The van der Waals surface area contributed by atoms with Crippen LogP contribution in [0, 0.1) is 41.5 Å². The Morgan fingerprint density at radius 1 is 0.299 bits per heavy atom. The normalized spacial score (nSPS) is 11.6. The smallest absolute Gasteiger partial charge is 0.270 e. The van der Waals surface area contributed by atoms with Crippen molar-refractivity contribution in [3.8, 4) is 56.2 Å². The number of carbonyl (C=O) groups is 4. The van der Waals surface area contributed by atoms with E-state index in [9.17, 15) is 19.2 Å². The van der Waals surface area contributed by atoms with Crippen molar-refractivity contribution in [2.24, 2.45) is 0 Å². The summed E-state index contributed by atoms with van der Waals surface area (Å²) in [6, 6.07) is 53.1. The lowest BCUT2D eigenvalue weighted by Gasteiger charge is -2.26. The average molecular weight is 1720 g/mol. The molecule has 12 N–H and O–H groups in total. The maximum absolute atomic E-state index is 13.0. The SMILES string of the molecule is Cc1ccc(-c2nn(C(C)(C)CNC(=O)c3cc(-c4ccccc4)ccn3)c3ncnc(N)c23)cc1.Cc1ccc(-c2nn(C(C)(C)CNC(=O)c3cc(C)ccn3)c3ncnc(N)c23)cc1.Cc1ccc(-c2nn(C(C)(C)CNC(=O)c3cc(C)ccn3)c3ncnc(N)c23)cc1.Cc1ccc(-c2nn(C(C)(C)CNC(=O)c3cscn3)c3ncnc(N)c23)cc1. The summed E-state index contributed by atoms with van der Waals surface area (Å²) in [6.07, 6.45) is 10.6. The second-order valence-electron chi connectivity index (χ2n) is 33.4. The van der Waals surface area contributed by atoms with Gasteiger partial charge in [-0.2, -0.15) is 20.4 Å². The van der Waals surface area contributed by atoms with Crippen LogP contribution in [0.4, 0.5) is 23.3 Å². The average Bonchev–Trinajstić information content (AvgIpc) is 1.62. The van der Waals surface area contributed by atoms with Crippen molar-refractivity contribution in [3.05, 3.63) is 275 Å². The summed E-state index contributed by atoms with van der Waals surface area (Å²) in [5, 5.41) is 35.8. The number of rotatable bonds is 21. The highest BCUT2D eigenvalue weighted by atomic mass is 32.1. The largest absolute Gasteiger partial charge is 0.383 e. The van der Waals surface area contributed by atoms with E-state index in [1.807, 2.05) is 247 Å². The molecule has 12 aromatic heterocycles. The van der Waals surface area contributed by atoms with E-state index in [2.05, 4.69) is 81.1 Å². The van der Waals surface area contributed by atoms with Gasteiger partial charge in [-0.15, -0.1) is 11.3 Å². The van der Waals surface area contributed by atoms with Crippen LogP contribution in [0.3, 0.4) is 0 Å². The fourth-order valence-electron chi connectivity index (χ4n) is 14.1. The molecular weight excluding hydrogens is 1620 g/mol. The molecule has 0 bridgehead atoms. The highest BCUT2D eigenvalue weighted by Crippen LogP contribution is 2.39. The number of anilines is 4. The topological polar surface area (TPSA) is 446 Å². The third kappa shape index (κ3) is 19.6. The minimum absolute atomic E-state index is 0.219. The molecule has 12 heterocycles. The van der Waals surface area contributed by atoms with E-state index in [4.69, 9.17) is 43.3 Å². The van der Waals surface area contributed by atoms with E-state index in [-0.39, 0.29) is 23.6 Å². The Balaban J connectivity index is 0.000000138. The lowest BCUT2D eigenvalue weighted by Crippen LogP contribution is -2.41. The van der Waals surface area contributed by atoms with Crippen LogP contribution < -0.4 is 44.2 Å². The number of nitrogens with one attached hydrogen (secondary N) is 4. The van der Waals surface area contributed by atoms with Gasteiger partial charge in [-0.1, -0.05) is 150 Å². The van der Waals surface area contributed by atoms with Crippen molar-refractivity contribution >= 4 is 102 Å². The molecule has 0 fully saturated rings. The predicted molar refractivity (Wildman–Crippen MR) is 496 cm³/mol. The highest BCUT2D eigenvalue weighted by molar-refractivity contribution is 7.07. The van der Waals surface area contributed by atoms with Crippen molar-refractivity contribution < 1.29 is 19.2 Å². The molecule has 0 saturated heterocycles. The number of hydrogen-bond acceptors (Lipinski definition) is 25. The Morgan fingerprint density at radius 2 is 0.575 bits per heavy atom. The molecule has 17 rings (SSSR count). The van der Waals surface area contributed by atoms with Gasteiger partial charge in [0.05, 0.1) is 49.2 Å². The number of hydrogen-bond donors (Lipinski definition) is 8. The van der Waals surface area contributed by atoms with Gasteiger partial charge in [-0.3, -0.25) is 34.1 Å². The molecule has 5 aromatic carbocycles. The minimum atomic E-state index is -0.616. The van der Waals surface area contributed by atoms with Crippen LogP contribution in [0.15, 0.2) is 219 Å². The van der Waals surface area contributed by atoms with Gasteiger partial charge >= 0.3 is 0 Å². The monoisotopic (exact) mass is 1710 g/mol. The maximum Gasteiger partial charge on any atom is 0.270 e. The molecule has 0 radical (unpaired) electrons. The Morgan fingerprint density at radius 3 is 0.850 bits per heavy atom. The van der Waals surface area contributed by atoms with Crippen LogP contribution >= 0.6 is 11.3 Å². The molecule has 0 atom stereocenters. The van der Waals surface area contributed by atoms with Gasteiger partial charge in [0.2, 0.25) is 0 Å². The zero-order chi connectivity index (χ0) is 90.2. The number of nitrogen functional groups attached to an aromatic ring is 4. The van der Waals surface area contributed by atoms with Gasteiger partial charge in [-0.05, 0) is 156 Å². The molecule has 0 unspecified atom stereocenters. The number of amides is 4. The second kappa shape index (κ2) is 36.9. The Hall–Kier alpha value is -15.5. The van der Waals surface area contributed by atoms with Crippen molar-refractivity contribution in [1.29, 1.82) is 0 Å². The van der Waals surface area contributed by atoms with Gasteiger partial charge < -0.3 is 44.2 Å². The van der Waals surface area contributed by atoms with Crippen molar-refractivity contribution in [3.63, 3.8) is 0 Å². The summed E-state index contributed by atoms with van der Waals surface area (Å²) in [4.78, 5) is 102. The summed E-state index contributed by atoms with van der Waals surface area (Å²) >= 11 is 1.38. The summed E-state index contributed by atoms with van der Waals surface area (Å²) in [6.45, 7) is 29.2. The lowest BCUT2D eigenvalue weighted by molar-refractivity contribution is 0.0924. The summed E-state index contributed by atoms with van der Waals surface area (Å²) in [5.41, 5.74) is 43.3. The number of aromatic nitrogens is 20. The van der Waals surface area contributed by atoms with E-state index < -0.39 is 22.2 Å². The molecule has 0 saturated carbocycles. The Bertz CT molecular complexity index is 6660. The van der Waals surface area contributed by atoms with Crippen molar-refractivity contribution in [2.75, 3.05) is 49.1 Å². The zero-order valence-corrected chi connectivity index (χ0v) is 73.7. The Labute approximate surface area is 736 Å². The maximum atomic E-state index is 13.0. The first-order valence-corrected chi connectivity index (χ1v) is 41.8. The first-order chi connectivity index (χ1) is 60.7. The van der Waals surface area contributed by atoms with Gasteiger partial charge in [-0.25, -0.2) is 63.6 Å². The van der Waals surface area contributed by atoms with Crippen molar-refractivity contribution in [2.45, 2.75) is 119 Å². The van der Waals surface area contributed by atoms with Crippen LogP contribution in [0.1, 0.15) is 131 Å². The molecule has 0 aliphatic carbocycles. The zero-order valence-electron chi connectivity index (χ0n) is 72.9. The highest BCUT2D eigenvalue weighted by Gasteiger charge is 2.34. The fourth-order valence-corrected chi connectivity index (χ4v) is 14.6. The number of benzene rings is 5. The fraction of sp³-hybridized carbons (Fsp3) is 0.234. The third-order valence-electron chi connectivity index (χ3n) is 21.4. The van der Waals surface area contributed by atoms with Gasteiger partial charge in [0.15, 0.2) is 22.6 Å². The van der Waals surface area contributed by atoms with Crippen LogP contribution in [-0.2, 0) is 22.2 Å². The first-order valence-electron chi connectivity index (χ1n) is 40.9. The number of nitrogens with two attached hydrogens (primary N) is 4. The van der Waals surface area contributed by atoms with Gasteiger partial charge in [0.1, 0.15) is 94.1 Å². The standard InChI is InChI=1S/C28H27N7O.2C23H25N7O.C20H21N7OS/c1-18-9-11-20(12-10-18)24-23-25(29)32-17-33-26(23)35(34-24)28(2,3)16-31-27(36)22-15-21(13-14-30-22)19-7-5-4-6-8-19;2*1-14-5-7-16(8-6-14)19-18-20(24)27-13-28-21(18)30(29-19)23(3,4)12-26-22(31)17-11-15(2)9-10-25-17;1-12-4-6-13(7-5-12)16-15-17(21)23-10-24-18(15)27(26-16)20(2,3)9-22-19(28)14-8-29-11-25-14/h4-15,17H,16H2,1-3H3,(H,31,36)(H2,29,32,33);2*5-11,13H,12H2,1-4H3,(H,26,31)(H2,24,27,28);4-8,10-11H,9H2,1-3H3,(H,22,28)(H2,21,23,24). The van der Waals surface area contributed by atoms with E-state index in [0.29, 0.717) is 133 Å². The molecule has 0 aliphatic heterocycles. The Kier molecular flexibility index (Phi) is 25.5. The molecule has 17 aromatic rings. The van der Waals surface area contributed by atoms with Crippen LogP contribution in [-0.4, -0.2) is 149 Å². The van der Waals surface area contributed by atoms with Crippen molar-refractivity contribution in [1.82, 2.24) is 120 Å². The molecule has 32 nitrogen and oxygen atoms in total. The molecule has 0 spiro atoms. The number of carbonyl (C=O) groups excluding carboxylic acids is 4. The molecule has 127 heavy (non-hydrogen) atoms. The minimum Gasteiger partial charge on any atom is -0.383 e. The van der Waals surface area contributed by atoms with Crippen LogP contribution in [0.25, 0.3) is 100 Å². The molecule has 0 aliphatic rings. The van der Waals surface area contributed by atoms with E-state index in [1.54, 1.807) is 61.7 Å². The predicted octanol–water partition coefficient (Wildman–Crippen LogP) is 14.1. The second-order valence-corrected chi connectivity index (χ2v) is 34.1. The number of aryl methyl sites for hydroxylation is 6. The summed E-state index contributed by atoms with van der Waals surface area (Å²) < 4.78 is 7.22. The summed E-state index contributed by atoms with van der Waals surface area (Å²) in [7, 11) is 0. The number of fused-ring (bicyclic) bond motifs is 4. The first kappa shape index (κ1) is 87.8. The number of pyridine rings is 3. The molecular formula is C94H98N28O4S.